The molecule has 0 amide bonds. The molecule has 0 heterocycles. The van der Waals surface area contributed by atoms with Gasteiger partial charge in [0.15, 0.2) is 0 Å². The second-order valence-electron chi connectivity index (χ2n) is 0.447. The molecule has 0 aliphatic rings. The van der Waals surface area contributed by atoms with E-state index in [0.29, 0.717) is 0 Å². The van der Waals surface area contributed by atoms with E-state index in [4.69, 9.17) is 10.2 Å². The van der Waals surface area contributed by atoms with Crippen LogP contribution < -0.4 is 0 Å². The molecule has 0 aromatic heterocycles. The first-order chi connectivity index (χ1) is 1.91. The Labute approximate surface area is 56.5 Å². The maximum Gasteiger partial charge on any atom is 0.0662 e. The molecule has 0 bridgehead atoms. The van der Waals surface area contributed by atoms with Crippen LogP contribution in [-0.2, 0) is 27.3 Å². The number of rotatable bonds is 1. The third kappa shape index (κ3) is 21.4. The molecule has 0 unspecified atom stereocenters. The van der Waals surface area contributed by atoms with Gasteiger partial charge in [0.2, 0.25) is 0 Å². The second kappa shape index (κ2) is 17.0. The van der Waals surface area contributed by atoms with Gasteiger partial charge in [-0.25, -0.2) is 0 Å². The van der Waals surface area contributed by atoms with Crippen molar-refractivity contribution in [1.29, 1.82) is 0 Å². The summed E-state index contributed by atoms with van der Waals surface area (Å²) in [6.45, 7) is -0.250. The summed E-state index contributed by atoms with van der Waals surface area (Å²) >= 11 is 0. The van der Waals surface area contributed by atoms with Gasteiger partial charge in [0, 0.05) is 27.3 Å². The van der Waals surface area contributed by atoms with E-state index in [0.717, 1.165) is 0 Å². The molecular formula is C2H8CdO3. The fourth-order valence-electron chi connectivity index (χ4n) is 0. The Hall–Kier alpha value is 0.802. The standard InChI is InChI=1S/C2H6O2.Cd.H2O/c3-1-2-4;;/h3-4H,1-2H2;;1H2. The van der Waals surface area contributed by atoms with E-state index in [9.17, 15) is 0 Å². The van der Waals surface area contributed by atoms with Crippen LogP contribution in [0.15, 0.2) is 0 Å². The van der Waals surface area contributed by atoms with Gasteiger partial charge in [-0.05, 0) is 0 Å². The van der Waals surface area contributed by atoms with Gasteiger partial charge >= 0.3 is 0 Å². The summed E-state index contributed by atoms with van der Waals surface area (Å²) in [6.07, 6.45) is 0. The molecule has 0 rings (SSSR count). The Morgan fingerprint density at radius 3 is 1.17 bits per heavy atom. The van der Waals surface area contributed by atoms with Crippen LogP contribution in [0.4, 0.5) is 0 Å². The van der Waals surface area contributed by atoms with Crippen molar-refractivity contribution in [2.75, 3.05) is 13.2 Å². The summed E-state index contributed by atoms with van der Waals surface area (Å²) in [5, 5.41) is 15.2. The van der Waals surface area contributed by atoms with E-state index >= 15 is 0 Å². The minimum absolute atomic E-state index is 0. The van der Waals surface area contributed by atoms with Gasteiger partial charge in [0.05, 0.1) is 13.2 Å². The number of hydrogen-bond acceptors (Lipinski definition) is 2. The minimum Gasteiger partial charge on any atom is -0.412 e. The summed E-state index contributed by atoms with van der Waals surface area (Å²) in [5.74, 6) is 0. The molecule has 0 radical (unpaired) electrons. The Morgan fingerprint density at radius 1 is 1.00 bits per heavy atom. The molecule has 0 spiro atoms. The van der Waals surface area contributed by atoms with E-state index < -0.39 is 0 Å². The zero-order chi connectivity index (χ0) is 3.41. The van der Waals surface area contributed by atoms with Crippen LogP contribution in [0.3, 0.4) is 0 Å². The quantitative estimate of drug-likeness (QED) is 0.479. The van der Waals surface area contributed by atoms with E-state index in [2.05, 4.69) is 0 Å². The number of hydrogen-bond donors (Lipinski definition) is 2. The Bertz CT molecular complexity index is 10.8. The molecule has 0 saturated carbocycles. The van der Waals surface area contributed by atoms with Crippen LogP contribution in [0.1, 0.15) is 0 Å². The zero-order valence-electron chi connectivity index (χ0n) is 3.52. The molecule has 0 aromatic carbocycles. The van der Waals surface area contributed by atoms with Gasteiger partial charge in [0.25, 0.3) is 0 Å². The molecule has 0 aliphatic carbocycles. The molecule has 36 valence electrons. The molecule has 4 N–H and O–H groups in total. The second-order valence-corrected chi connectivity index (χ2v) is 0.447. The van der Waals surface area contributed by atoms with E-state index in [1.807, 2.05) is 0 Å². The average molecular weight is 192 g/mol. The molecule has 3 nitrogen and oxygen atoms in total. The Morgan fingerprint density at radius 2 is 1.17 bits per heavy atom. The first kappa shape index (κ1) is 15.8. The maximum absolute atomic E-state index is 7.62. The zero-order valence-corrected chi connectivity index (χ0v) is 7.55. The van der Waals surface area contributed by atoms with Crippen LogP contribution in [-0.4, -0.2) is 28.9 Å². The summed E-state index contributed by atoms with van der Waals surface area (Å²) < 4.78 is 0. The fourth-order valence-corrected chi connectivity index (χ4v) is 0. The van der Waals surface area contributed by atoms with Gasteiger partial charge in [-0.15, -0.1) is 0 Å². The van der Waals surface area contributed by atoms with Crippen molar-refractivity contribution in [2.24, 2.45) is 0 Å². The van der Waals surface area contributed by atoms with Gasteiger partial charge in [-0.1, -0.05) is 0 Å². The Balaban J connectivity index is -0.0000000450. The number of aliphatic hydroxyl groups is 2. The first-order valence-corrected chi connectivity index (χ1v) is 1.13. The van der Waals surface area contributed by atoms with Gasteiger partial charge in [-0.2, -0.15) is 0 Å². The van der Waals surface area contributed by atoms with Crippen molar-refractivity contribution in [2.45, 2.75) is 0 Å². The summed E-state index contributed by atoms with van der Waals surface area (Å²) in [5.41, 5.74) is 0. The largest absolute Gasteiger partial charge is 0.412 e. The molecule has 0 atom stereocenters. The van der Waals surface area contributed by atoms with E-state index in [1.54, 1.807) is 0 Å². The normalized spacial score (nSPS) is 5.00. The molecule has 0 fully saturated rings. The maximum atomic E-state index is 7.62. The number of aliphatic hydroxyl groups excluding tert-OH is 2. The van der Waals surface area contributed by atoms with Crippen LogP contribution >= 0.6 is 0 Å². The molecule has 0 saturated heterocycles. The van der Waals surface area contributed by atoms with Crippen molar-refractivity contribution in [3.63, 3.8) is 0 Å². The van der Waals surface area contributed by atoms with Crippen LogP contribution in [0.5, 0.6) is 0 Å². The molecule has 0 aromatic rings. The first-order valence-electron chi connectivity index (χ1n) is 1.13. The third-order valence-electron chi connectivity index (χ3n) is 0.1000. The van der Waals surface area contributed by atoms with Gasteiger partial charge in [-0.3, -0.25) is 0 Å². The van der Waals surface area contributed by atoms with Crippen molar-refractivity contribution in [1.82, 2.24) is 0 Å². The summed E-state index contributed by atoms with van der Waals surface area (Å²) in [7, 11) is 0. The monoisotopic (exact) mass is 194 g/mol. The SMILES string of the molecule is O.OCCO.[Cd]. The topological polar surface area (TPSA) is 72.0 Å². The van der Waals surface area contributed by atoms with Gasteiger partial charge in [0.1, 0.15) is 0 Å². The predicted molar refractivity (Wildman–Crippen MR) is 17.8 cm³/mol. The van der Waals surface area contributed by atoms with Crippen LogP contribution in [0.2, 0.25) is 0 Å². The fraction of sp³-hybridized carbons (Fsp3) is 1.00. The van der Waals surface area contributed by atoms with Crippen molar-refractivity contribution in [3.8, 4) is 0 Å². The van der Waals surface area contributed by atoms with Crippen molar-refractivity contribution in [3.05, 3.63) is 0 Å². The van der Waals surface area contributed by atoms with Crippen molar-refractivity contribution >= 4 is 0 Å². The van der Waals surface area contributed by atoms with Crippen LogP contribution in [0, 0.1) is 0 Å². The average Bonchev–Trinajstić information content (AvgIpc) is 1.37. The van der Waals surface area contributed by atoms with Crippen molar-refractivity contribution < 1.29 is 43.0 Å². The van der Waals surface area contributed by atoms with Crippen LogP contribution in [0.25, 0.3) is 0 Å². The predicted octanol–water partition coefficient (Wildman–Crippen LogP) is -1.86. The minimum atomic E-state index is -0.125. The van der Waals surface area contributed by atoms with E-state index in [-0.39, 0.29) is 46.0 Å². The Kier molecular flexibility index (Phi) is 45.0. The summed E-state index contributed by atoms with van der Waals surface area (Å²) in [6, 6.07) is 0. The molecule has 4 heteroatoms. The smallest absolute Gasteiger partial charge is 0.0662 e. The summed E-state index contributed by atoms with van der Waals surface area (Å²) in [4.78, 5) is 0. The molecule has 0 aliphatic heterocycles. The molecular weight excluding hydrogens is 184 g/mol. The van der Waals surface area contributed by atoms with Gasteiger partial charge < -0.3 is 15.7 Å². The van der Waals surface area contributed by atoms with E-state index in [1.165, 1.54) is 0 Å². The molecule has 6 heavy (non-hydrogen) atoms. The third-order valence-corrected chi connectivity index (χ3v) is 0.1000.